The molecule has 2 unspecified atom stereocenters. The number of hydrogen-bond donors (Lipinski definition) is 1. The number of carbonyl (C=O) groups excluding carboxylic acids is 1. The normalized spacial score (nSPS) is 13.6. The summed E-state index contributed by atoms with van der Waals surface area (Å²) in [6.45, 7) is 6.34. The Morgan fingerprint density at radius 2 is 1.92 bits per heavy atom. The Balaban J connectivity index is 1.71. The Hall–Kier alpha value is -2.76. The van der Waals surface area contributed by atoms with E-state index in [0.29, 0.717) is 11.7 Å². The molecule has 2 aromatic heterocycles. The molecule has 3 aromatic rings. The van der Waals surface area contributed by atoms with E-state index in [1.165, 1.54) is 10.1 Å². The lowest BCUT2D eigenvalue weighted by Crippen LogP contribution is -2.27. The van der Waals surface area contributed by atoms with E-state index in [0.717, 1.165) is 12.0 Å². The third kappa shape index (κ3) is 3.27. The zero-order chi connectivity index (χ0) is 17.1. The molecule has 0 fully saturated rings. The van der Waals surface area contributed by atoms with Gasteiger partial charge in [0.15, 0.2) is 0 Å². The zero-order valence-corrected chi connectivity index (χ0v) is 14.1. The van der Waals surface area contributed by atoms with Crippen LogP contribution in [0.15, 0.2) is 42.7 Å². The van der Waals surface area contributed by atoms with Gasteiger partial charge in [-0.1, -0.05) is 38.1 Å². The van der Waals surface area contributed by atoms with Gasteiger partial charge in [-0.25, -0.2) is 9.50 Å². The van der Waals surface area contributed by atoms with Gasteiger partial charge in [0.2, 0.25) is 5.82 Å². The average molecular weight is 323 g/mol. The second-order valence-electron chi connectivity index (χ2n) is 5.97. The van der Waals surface area contributed by atoms with Crippen molar-refractivity contribution in [3.05, 3.63) is 59.7 Å². The molecule has 3 rings (SSSR count). The number of amides is 1. The molecule has 0 aliphatic rings. The first kappa shape index (κ1) is 16.1. The van der Waals surface area contributed by atoms with E-state index in [2.05, 4.69) is 58.5 Å². The summed E-state index contributed by atoms with van der Waals surface area (Å²) in [5.74, 6) is 0.766. The largest absolute Gasteiger partial charge is 0.343 e. The zero-order valence-electron chi connectivity index (χ0n) is 14.1. The lowest BCUT2D eigenvalue weighted by Gasteiger charge is -2.15. The number of fused-ring (bicyclic) bond motifs is 1. The molecule has 1 aromatic carbocycles. The molecule has 124 valence electrons. The minimum absolute atomic E-state index is 0.122. The van der Waals surface area contributed by atoms with Crippen molar-refractivity contribution in [2.45, 2.75) is 39.2 Å². The molecule has 0 aliphatic heterocycles. The van der Waals surface area contributed by atoms with Crippen molar-refractivity contribution in [3.63, 3.8) is 0 Å². The number of carbonyl (C=O) groups is 1. The topological polar surface area (TPSA) is 72.2 Å². The molecule has 6 nitrogen and oxygen atoms in total. The van der Waals surface area contributed by atoms with Crippen molar-refractivity contribution in [2.24, 2.45) is 0 Å². The maximum absolute atomic E-state index is 12.3. The fourth-order valence-corrected chi connectivity index (χ4v) is 2.52. The van der Waals surface area contributed by atoms with Crippen molar-refractivity contribution >= 4 is 11.7 Å². The summed E-state index contributed by atoms with van der Waals surface area (Å²) < 4.78 is 1.49. The highest BCUT2D eigenvalue weighted by atomic mass is 16.2. The second kappa shape index (κ2) is 6.78. The lowest BCUT2D eigenvalue weighted by atomic mass is 9.96. The van der Waals surface area contributed by atoms with Gasteiger partial charge in [-0.2, -0.15) is 4.98 Å². The number of nitrogens with zero attached hydrogens (tertiary/aromatic N) is 4. The van der Waals surface area contributed by atoms with E-state index in [1.54, 1.807) is 18.5 Å². The predicted molar refractivity (Wildman–Crippen MR) is 91.8 cm³/mol. The number of hydrogen-bond acceptors (Lipinski definition) is 4. The monoisotopic (exact) mass is 323 g/mol. The summed E-state index contributed by atoms with van der Waals surface area (Å²) in [5, 5.41) is 7.07. The van der Waals surface area contributed by atoms with E-state index in [4.69, 9.17) is 0 Å². The summed E-state index contributed by atoms with van der Waals surface area (Å²) in [5.41, 5.74) is 2.37. The smallest absolute Gasteiger partial charge is 0.291 e. The van der Waals surface area contributed by atoms with Gasteiger partial charge in [-0.3, -0.25) is 4.79 Å². The van der Waals surface area contributed by atoms with Crippen LogP contribution >= 0.6 is 0 Å². The summed E-state index contributed by atoms with van der Waals surface area (Å²) >= 11 is 0. The van der Waals surface area contributed by atoms with Crippen LogP contribution in [-0.4, -0.2) is 25.5 Å². The SMILES string of the molecule is CCC(C)c1ccc(C(C)NC(=O)c2nc3ncccn3n2)cc1. The van der Waals surface area contributed by atoms with Crippen LogP contribution in [0.2, 0.25) is 0 Å². The molecule has 6 heteroatoms. The van der Waals surface area contributed by atoms with Crippen molar-refractivity contribution in [1.82, 2.24) is 24.9 Å². The molecule has 0 bridgehead atoms. The van der Waals surface area contributed by atoms with E-state index in [1.807, 2.05) is 6.92 Å². The van der Waals surface area contributed by atoms with Crippen molar-refractivity contribution in [2.75, 3.05) is 0 Å². The summed E-state index contributed by atoms with van der Waals surface area (Å²) in [4.78, 5) is 20.5. The molecule has 24 heavy (non-hydrogen) atoms. The Labute approximate surface area is 141 Å². The Kier molecular flexibility index (Phi) is 4.55. The molecule has 2 heterocycles. The second-order valence-corrected chi connectivity index (χ2v) is 5.97. The van der Waals surface area contributed by atoms with Gasteiger partial charge in [-0.05, 0) is 36.5 Å². The Bertz CT molecular complexity index is 807. The molecular formula is C18H21N5O. The molecule has 0 saturated carbocycles. The maximum Gasteiger partial charge on any atom is 0.291 e. The van der Waals surface area contributed by atoms with Crippen molar-refractivity contribution in [1.29, 1.82) is 0 Å². The summed E-state index contributed by atoms with van der Waals surface area (Å²) in [6.07, 6.45) is 4.44. The van der Waals surface area contributed by atoms with Crippen molar-refractivity contribution in [3.8, 4) is 0 Å². The minimum Gasteiger partial charge on any atom is -0.343 e. The first-order valence-electron chi connectivity index (χ1n) is 8.16. The molecule has 2 atom stereocenters. The Morgan fingerprint density at radius 1 is 1.21 bits per heavy atom. The molecule has 0 saturated heterocycles. The highest BCUT2D eigenvalue weighted by Crippen LogP contribution is 2.21. The van der Waals surface area contributed by atoms with Crippen LogP contribution in [-0.2, 0) is 0 Å². The first-order chi connectivity index (χ1) is 11.6. The fraction of sp³-hybridized carbons (Fsp3) is 0.333. The van der Waals surface area contributed by atoms with E-state index >= 15 is 0 Å². The third-order valence-electron chi connectivity index (χ3n) is 4.29. The van der Waals surface area contributed by atoms with Gasteiger partial charge in [0.05, 0.1) is 6.04 Å². The summed E-state index contributed by atoms with van der Waals surface area (Å²) in [7, 11) is 0. The lowest BCUT2D eigenvalue weighted by molar-refractivity contribution is 0.0929. The molecule has 0 radical (unpaired) electrons. The highest BCUT2D eigenvalue weighted by Gasteiger charge is 2.16. The van der Waals surface area contributed by atoms with Gasteiger partial charge in [0, 0.05) is 12.4 Å². The number of rotatable bonds is 5. The average Bonchev–Trinajstić information content (AvgIpc) is 3.05. The van der Waals surface area contributed by atoms with Crippen LogP contribution < -0.4 is 5.32 Å². The maximum atomic E-state index is 12.3. The van der Waals surface area contributed by atoms with Gasteiger partial charge in [0.25, 0.3) is 11.7 Å². The summed E-state index contributed by atoms with van der Waals surface area (Å²) in [6, 6.07) is 9.99. The standard InChI is InChI=1S/C18H21N5O/c1-4-12(2)14-6-8-15(9-7-14)13(3)20-17(24)16-21-18-19-10-5-11-23(18)22-16/h5-13H,4H2,1-3H3,(H,20,24). The number of benzene rings is 1. The van der Waals surface area contributed by atoms with Crippen LogP contribution in [0.4, 0.5) is 0 Å². The van der Waals surface area contributed by atoms with Crippen molar-refractivity contribution < 1.29 is 4.79 Å². The van der Waals surface area contributed by atoms with E-state index < -0.39 is 0 Å². The number of nitrogens with one attached hydrogen (secondary N) is 1. The Morgan fingerprint density at radius 3 is 2.58 bits per heavy atom. The van der Waals surface area contributed by atoms with Crippen LogP contribution in [0.1, 0.15) is 60.9 Å². The van der Waals surface area contributed by atoms with Crippen LogP contribution in [0.25, 0.3) is 5.78 Å². The highest BCUT2D eigenvalue weighted by molar-refractivity contribution is 5.91. The first-order valence-corrected chi connectivity index (χ1v) is 8.16. The van der Waals surface area contributed by atoms with Crippen LogP contribution in [0, 0.1) is 0 Å². The molecular weight excluding hydrogens is 302 g/mol. The molecule has 1 amide bonds. The van der Waals surface area contributed by atoms with Gasteiger partial charge >= 0.3 is 0 Å². The van der Waals surface area contributed by atoms with Gasteiger partial charge < -0.3 is 5.32 Å². The quantitative estimate of drug-likeness (QED) is 0.783. The van der Waals surface area contributed by atoms with Crippen LogP contribution in [0.5, 0.6) is 0 Å². The third-order valence-corrected chi connectivity index (χ3v) is 4.29. The minimum atomic E-state index is -0.306. The predicted octanol–water partition coefficient (Wildman–Crippen LogP) is 3.13. The molecule has 0 aliphatic carbocycles. The van der Waals surface area contributed by atoms with E-state index in [9.17, 15) is 4.79 Å². The molecule has 1 N–H and O–H groups in total. The van der Waals surface area contributed by atoms with Gasteiger partial charge in [0.1, 0.15) is 0 Å². The number of aromatic nitrogens is 4. The van der Waals surface area contributed by atoms with E-state index in [-0.39, 0.29) is 17.8 Å². The van der Waals surface area contributed by atoms with Gasteiger partial charge in [-0.15, -0.1) is 5.10 Å². The molecule has 0 spiro atoms. The fourth-order valence-electron chi connectivity index (χ4n) is 2.52. The van der Waals surface area contributed by atoms with Crippen LogP contribution in [0.3, 0.4) is 0 Å².